The maximum absolute atomic E-state index is 11.0. The van der Waals surface area contributed by atoms with Crippen molar-refractivity contribution in [2.75, 3.05) is 0 Å². The summed E-state index contributed by atoms with van der Waals surface area (Å²) in [6.45, 7) is 6.20. The maximum Gasteiger partial charge on any atom is 0.335 e. The summed E-state index contributed by atoms with van der Waals surface area (Å²) in [5.74, 6) is -0.884. The second kappa shape index (κ2) is 5.89. The molecule has 1 aromatic heterocycles. The zero-order valence-corrected chi connectivity index (χ0v) is 10.7. The van der Waals surface area contributed by atoms with E-state index in [1.807, 2.05) is 0 Å². The summed E-state index contributed by atoms with van der Waals surface area (Å²) in [5, 5.41) is 10.2. The molecule has 3 nitrogen and oxygen atoms in total. The number of hydrogen-bond acceptors (Lipinski definition) is 3. The number of aromatic carboxylic acids is 1. The molecule has 0 unspecified atom stereocenters. The van der Waals surface area contributed by atoms with Crippen LogP contribution < -0.4 is 0 Å². The largest absolute Gasteiger partial charge is 0.478 e. The lowest BCUT2D eigenvalue weighted by Gasteiger charge is -2.07. The third-order valence-electron chi connectivity index (χ3n) is 1.96. The summed E-state index contributed by atoms with van der Waals surface area (Å²) in [7, 11) is 0. The highest BCUT2D eigenvalue weighted by atomic mass is 32.2. The number of carbonyl (C=O) groups is 1. The Bertz CT molecular complexity index is 377. The molecule has 0 aromatic carbocycles. The zero-order valence-electron chi connectivity index (χ0n) is 9.86. The number of hydrogen-bond donors (Lipinski definition) is 1. The molecule has 0 saturated heterocycles. The number of carboxylic acids is 1. The molecule has 0 aliphatic carbocycles. The van der Waals surface area contributed by atoms with Gasteiger partial charge in [-0.1, -0.05) is 27.2 Å². The molecule has 4 heteroatoms. The molecule has 0 atom stereocenters. The Morgan fingerprint density at radius 2 is 2.19 bits per heavy atom. The predicted octanol–water partition coefficient (Wildman–Crippen LogP) is 3.23. The molecule has 0 fully saturated rings. The van der Waals surface area contributed by atoms with Gasteiger partial charge in [0.05, 0.1) is 10.6 Å². The van der Waals surface area contributed by atoms with Crippen molar-refractivity contribution >= 4 is 17.7 Å². The van der Waals surface area contributed by atoms with E-state index in [0.29, 0.717) is 10.8 Å². The molecular weight excluding hydrogens is 222 g/mol. The fourth-order valence-electron chi connectivity index (χ4n) is 1.37. The van der Waals surface area contributed by atoms with Crippen molar-refractivity contribution in [1.82, 2.24) is 4.98 Å². The summed E-state index contributed by atoms with van der Waals surface area (Å²) in [6.07, 6.45) is 1.80. The molecule has 88 valence electrons. The molecule has 0 saturated carbocycles. The molecule has 1 rings (SSSR count). The van der Waals surface area contributed by atoms with Gasteiger partial charge in [0.25, 0.3) is 0 Å². The number of aryl methyl sites for hydroxylation is 1. The monoisotopic (exact) mass is 239 g/mol. The molecule has 1 aromatic rings. The SMILES string of the molecule is CCCc1cc(C(=O)O)cc(SC(C)C)n1. The average molecular weight is 239 g/mol. The summed E-state index contributed by atoms with van der Waals surface area (Å²) in [4.78, 5) is 15.4. The summed E-state index contributed by atoms with van der Waals surface area (Å²) in [5.41, 5.74) is 1.20. The molecular formula is C12H17NO2S. The highest BCUT2D eigenvalue weighted by molar-refractivity contribution is 7.99. The Hall–Kier alpha value is -1.03. The van der Waals surface area contributed by atoms with E-state index in [-0.39, 0.29) is 0 Å². The second-order valence-corrected chi connectivity index (χ2v) is 5.50. The standard InChI is InChI=1S/C12H17NO2S/c1-4-5-10-6-9(12(14)15)7-11(13-10)16-8(2)3/h6-8H,4-5H2,1-3H3,(H,14,15). The molecule has 0 bridgehead atoms. The van der Waals surface area contributed by atoms with Crippen LogP contribution in [0, 0.1) is 0 Å². The van der Waals surface area contributed by atoms with Crippen LogP contribution in [0.2, 0.25) is 0 Å². The fraction of sp³-hybridized carbons (Fsp3) is 0.500. The Balaban J connectivity index is 3.03. The smallest absolute Gasteiger partial charge is 0.335 e. The molecule has 0 radical (unpaired) electrons. The predicted molar refractivity (Wildman–Crippen MR) is 66.2 cm³/mol. The average Bonchev–Trinajstić information content (AvgIpc) is 2.16. The topological polar surface area (TPSA) is 50.2 Å². The van der Waals surface area contributed by atoms with Crippen molar-refractivity contribution in [3.63, 3.8) is 0 Å². The summed E-state index contributed by atoms with van der Waals surface area (Å²) in [6, 6.07) is 3.31. The number of carboxylic acid groups (broad SMARTS) is 1. The molecule has 0 spiro atoms. The third kappa shape index (κ3) is 3.85. The van der Waals surface area contributed by atoms with E-state index in [9.17, 15) is 4.79 Å². The van der Waals surface area contributed by atoms with E-state index in [0.717, 1.165) is 23.6 Å². The van der Waals surface area contributed by atoms with Gasteiger partial charge in [0.1, 0.15) is 0 Å². The minimum atomic E-state index is -0.884. The van der Waals surface area contributed by atoms with Crippen LogP contribution >= 0.6 is 11.8 Å². The van der Waals surface area contributed by atoms with E-state index >= 15 is 0 Å². The van der Waals surface area contributed by atoms with Crippen molar-refractivity contribution in [3.8, 4) is 0 Å². The van der Waals surface area contributed by atoms with Crippen LogP contribution in [0.1, 0.15) is 43.2 Å². The number of pyridine rings is 1. The van der Waals surface area contributed by atoms with Gasteiger partial charge in [0.2, 0.25) is 0 Å². The molecule has 0 aliphatic rings. The first kappa shape index (κ1) is 13.0. The van der Waals surface area contributed by atoms with Crippen LogP contribution in [0.25, 0.3) is 0 Å². The number of nitrogens with zero attached hydrogens (tertiary/aromatic N) is 1. The van der Waals surface area contributed by atoms with Gasteiger partial charge >= 0.3 is 5.97 Å². The Morgan fingerprint density at radius 3 is 2.69 bits per heavy atom. The van der Waals surface area contributed by atoms with Crippen LogP contribution in [0.4, 0.5) is 0 Å². The molecule has 16 heavy (non-hydrogen) atoms. The van der Waals surface area contributed by atoms with E-state index in [4.69, 9.17) is 5.11 Å². The second-order valence-electron chi connectivity index (χ2n) is 3.91. The third-order valence-corrected chi connectivity index (χ3v) is 2.89. The van der Waals surface area contributed by atoms with Crippen LogP contribution in [0.3, 0.4) is 0 Å². The first-order chi connectivity index (χ1) is 7.52. The fourth-order valence-corrected chi connectivity index (χ4v) is 2.22. The van der Waals surface area contributed by atoms with Crippen molar-refractivity contribution in [1.29, 1.82) is 0 Å². The van der Waals surface area contributed by atoms with Crippen LogP contribution in [-0.2, 0) is 6.42 Å². The quantitative estimate of drug-likeness (QED) is 0.801. The Morgan fingerprint density at radius 1 is 1.50 bits per heavy atom. The van der Waals surface area contributed by atoms with Gasteiger partial charge in [0.15, 0.2) is 0 Å². The van der Waals surface area contributed by atoms with Crippen molar-refractivity contribution in [3.05, 3.63) is 23.4 Å². The molecule has 1 N–H and O–H groups in total. The lowest BCUT2D eigenvalue weighted by Crippen LogP contribution is -2.02. The van der Waals surface area contributed by atoms with Gasteiger partial charge < -0.3 is 5.11 Å². The van der Waals surface area contributed by atoms with Gasteiger partial charge in [0, 0.05) is 10.9 Å². The molecule has 0 aliphatic heterocycles. The normalized spacial score (nSPS) is 10.8. The van der Waals surface area contributed by atoms with Crippen molar-refractivity contribution in [2.45, 2.75) is 43.9 Å². The van der Waals surface area contributed by atoms with E-state index in [2.05, 4.69) is 25.8 Å². The molecule has 0 amide bonds. The first-order valence-corrected chi connectivity index (χ1v) is 6.31. The number of aromatic nitrogens is 1. The Kier molecular flexibility index (Phi) is 4.80. The lowest BCUT2D eigenvalue weighted by atomic mass is 10.2. The number of rotatable bonds is 5. The van der Waals surface area contributed by atoms with E-state index in [1.54, 1.807) is 23.9 Å². The Labute approximate surface area is 100 Å². The summed E-state index contributed by atoms with van der Waals surface area (Å²) < 4.78 is 0. The first-order valence-electron chi connectivity index (χ1n) is 5.43. The summed E-state index contributed by atoms with van der Waals surface area (Å²) >= 11 is 1.60. The maximum atomic E-state index is 11.0. The van der Waals surface area contributed by atoms with Crippen LogP contribution in [0.5, 0.6) is 0 Å². The molecule has 1 heterocycles. The van der Waals surface area contributed by atoms with Crippen LogP contribution in [-0.4, -0.2) is 21.3 Å². The van der Waals surface area contributed by atoms with Gasteiger partial charge in [-0.25, -0.2) is 9.78 Å². The zero-order chi connectivity index (χ0) is 12.1. The minimum absolute atomic E-state index is 0.335. The van der Waals surface area contributed by atoms with E-state index in [1.165, 1.54) is 0 Å². The van der Waals surface area contributed by atoms with Gasteiger partial charge in [-0.3, -0.25) is 0 Å². The van der Waals surface area contributed by atoms with Gasteiger partial charge in [-0.2, -0.15) is 0 Å². The minimum Gasteiger partial charge on any atom is -0.478 e. The van der Waals surface area contributed by atoms with Crippen molar-refractivity contribution < 1.29 is 9.90 Å². The van der Waals surface area contributed by atoms with E-state index < -0.39 is 5.97 Å². The van der Waals surface area contributed by atoms with Crippen LogP contribution in [0.15, 0.2) is 17.2 Å². The highest BCUT2D eigenvalue weighted by Gasteiger charge is 2.09. The highest BCUT2D eigenvalue weighted by Crippen LogP contribution is 2.22. The number of thioether (sulfide) groups is 1. The van der Waals surface area contributed by atoms with Gasteiger partial charge in [-0.15, -0.1) is 11.8 Å². The van der Waals surface area contributed by atoms with Gasteiger partial charge in [-0.05, 0) is 18.6 Å². The van der Waals surface area contributed by atoms with Crippen molar-refractivity contribution in [2.24, 2.45) is 0 Å². The lowest BCUT2D eigenvalue weighted by molar-refractivity contribution is 0.0696.